The fourth-order valence-electron chi connectivity index (χ4n) is 1.92. The van der Waals surface area contributed by atoms with E-state index in [1.54, 1.807) is 12.1 Å². The maximum absolute atomic E-state index is 9.91. The van der Waals surface area contributed by atoms with E-state index in [1.165, 1.54) is 0 Å². The number of aliphatic hydroxyl groups excluding tert-OH is 1. The second-order valence-electron chi connectivity index (χ2n) is 4.45. The third-order valence-corrected chi connectivity index (χ3v) is 2.95. The van der Waals surface area contributed by atoms with E-state index in [-0.39, 0.29) is 0 Å². The molecule has 0 aliphatic carbocycles. The highest BCUT2D eigenvalue weighted by Gasteiger charge is 2.16. The van der Waals surface area contributed by atoms with Gasteiger partial charge in [-0.05, 0) is 24.1 Å². The van der Waals surface area contributed by atoms with Crippen molar-refractivity contribution in [1.82, 2.24) is 0 Å². The lowest BCUT2D eigenvalue weighted by molar-refractivity contribution is 0.0185. The van der Waals surface area contributed by atoms with Crippen molar-refractivity contribution in [3.63, 3.8) is 0 Å². The van der Waals surface area contributed by atoms with Gasteiger partial charge in [0.2, 0.25) is 0 Å². The molecule has 1 aliphatic rings. The molecule has 0 aromatic heterocycles. The van der Waals surface area contributed by atoms with E-state index in [1.807, 2.05) is 12.1 Å². The van der Waals surface area contributed by atoms with Crippen molar-refractivity contribution >= 4 is 5.69 Å². The van der Waals surface area contributed by atoms with Crippen LogP contribution in [0.1, 0.15) is 18.1 Å². The molecule has 0 spiro atoms. The van der Waals surface area contributed by atoms with Crippen molar-refractivity contribution in [2.75, 3.05) is 32.2 Å². The SMILES string of the molecule is Nc1cccc(C(O)COCC2CCOC2)c1. The van der Waals surface area contributed by atoms with Crippen LogP contribution in [-0.2, 0) is 9.47 Å². The number of rotatable bonds is 5. The maximum Gasteiger partial charge on any atom is 0.102 e. The Bertz CT molecular complexity index is 350. The van der Waals surface area contributed by atoms with Crippen molar-refractivity contribution in [3.05, 3.63) is 29.8 Å². The fraction of sp³-hybridized carbons (Fsp3) is 0.538. The Morgan fingerprint density at radius 2 is 2.41 bits per heavy atom. The molecule has 1 heterocycles. The highest BCUT2D eigenvalue weighted by Crippen LogP contribution is 2.17. The molecular weight excluding hydrogens is 218 g/mol. The monoisotopic (exact) mass is 237 g/mol. The molecule has 0 saturated carbocycles. The summed E-state index contributed by atoms with van der Waals surface area (Å²) in [6.45, 7) is 2.56. The summed E-state index contributed by atoms with van der Waals surface area (Å²) in [6, 6.07) is 7.25. The van der Waals surface area contributed by atoms with Gasteiger partial charge in [0.25, 0.3) is 0 Å². The van der Waals surface area contributed by atoms with Crippen LogP contribution in [0.2, 0.25) is 0 Å². The summed E-state index contributed by atoms with van der Waals surface area (Å²) in [6.07, 6.45) is 0.440. The van der Waals surface area contributed by atoms with Crippen molar-refractivity contribution in [3.8, 4) is 0 Å². The summed E-state index contributed by atoms with van der Waals surface area (Å²) in [5.41, 5.74) is 7.11. The Morgan fingerprint density at radius 3 is 3.12 bits per heavy atom. The Labute approximate surface area is 101 Å². The molecule has 0 amide bonds. The van der Waals surface area contributed by atoms with Gasteiger partial charge in [0.1, 0.15) is 6.10 Å². The van der Waals surface area contributed by atoms with Gasteiger partial charge in [0.15, 0.2) is 0 Å². The summed E-state index contributed by atoms with van der Waals surface area (Å²) in [5.74, 6) is 0.475. The van der Waals surface area contributed by atoms with Crippen LogP contribution in [0.4, 0.5) is 5.69 Å². The highest BCUT2D eigenvalue weighted by atomic mass is 16.5. The third-order valence-electron chi connectivity index (χ3n) is 2.95. The largest absolute Gasteiger partial charge is 0.399 e. The van der Waals surface area contributed by atoms with Crippen molar-refractivity contribution in [2.45, 2.75) is 12.5 Å². The van der Waals surface area contributed by atoms with E-state index in [0.29, 0.717) is 24.8 Å². The van der Waals surface area contributed by atoms with E-state index in [0.717, 1.165) is 25.2 Å². The van der Waals surface area contributed by atoms with Crippen LogP contribution in [0.25, 0.3) is 0 Å². The van der Waals surface area contributed by atoms with Gasteiger partial charge in [-0.1, -0.05) is 12.1 Å². The number of hydrogen-bond donors (Lipinski definition) is 2. The molecule has 4 heteroatoms. The number of anilines is 1. The number of aliphatic hydroxyl groups is 1. The molecule has 1 aromatic rings. The molecule has 1 aliphatic heterocycles. The quantitative estimate of drug-likeness (QED) is 0.759. The lowest BCUT2D eigenvalue weighted by atomic mass is 10.1. The first-order valence-electron chi connectivity index (χ1n) is 5.94. The Kier molecular flexibility index (Phi) is 4.36. The predicted molar refractivity (Wildman–Crippen MR) is 65.6 cm³/mol. The van der Waals surface area contributed by atoms with Gasteiger partial charge >= 0.3 is 0 Å². The van der Waals surface area contributed by atoms with Crippen molar-refractivity contribution < 1.29 is 14.6 Å². The van der Waals surface area contributed by atoms with Crippen LogP contribution in [0.5, 0.6) is 0 Å². The van der Waals surface area contributed by atoms with Crippen LogP contribution < -0.4 is 5.73 Å². The molecular formula is C13H19NO3. The normalized spacial score (nSPS) is 21.6. The predicted octanol–water partition coefficient (Wildman–Crippen LogP) is 1.36. The zero-order chi connectivity index (χ0) is 12.1. The van der Waals surface area contributed by atoms with Gasteiger partial charge in [-0.3, -0.25) is 0 Å². The molecule has 0 radical (unpaired) electrons. The number of nitrogen functional groups attached to an aromatic ring is 1. The molecule has 3 N–H and O–H groups in total. The Hall–Kier alpha value is -1.10. The number of benzene rings is 1. The first-order valence-corrected chi connectivity index (χ1v) is 5.94. The fourth-order valence-corrected chi connectivity index (χ4v) is 1.92. The van der Waals surface area contributed by atoms with Crippen molar-refractivity contribution in [2.24, 2.45) is 5.92 Å². The average molecular weight is 237 g/mol. The lowest BCUT2D eigenvalue weighted by Gasteiger charge is -2.14. The summed E-state index contributed by atoms with van der Waals surface area (Å²) < 4.78 is 10.8. The van der Waals surface area contributed by atoms with Crippen molar-refractivity contribution in [1.29, 1.82) is 0 Å². The van der Waals surface area contributed by atoms with E-state index >= 15 is 0 Å². The van der Waals surface area contributed by atoms with Gasteiger partial charge in [-0.2, -0.15) is 0 Å². The molecule has 4 nitrogen and oxygen atoms in total. The average Bonchev–Trinajstić information content (AvgIpc) is 2.82. The molecule has 17 heavy (non-hydrogen) atoms. The smallest absolute Gasteiger partial charge is 0.102 e. The van der Waals surface area contributed by atoms with Gasteiger partial charge in [0, 0.05) is 18.2 Å². The molecule has 2 atom stereocenters. The van der Waals surface area contributed by atoms with Gasteiger partial charge in [-0.15, -0.1) is 0 Å². The van der Waals surface area contributed by atoms with Crippen LogP contribution in [0.3, 0.4) is 0 Å². The zero-order valence-corrected chi connectivity index (χ0v) is 9.84. The number of nitrogens with two attached hydrogens (primary N) is 1. The van der Waals surface area contributed by atoms with E-state index in [4.69, 9.17) is 15.2 Å². The topological polar surface area (TPSA) is 64.7 Å². The maximum atomic E-state index is 9.91. The molecule has 2 unspecified atom stereocenters. The minimum Gasteiger partial charge on any atom is -0.399 e. The van der Waals surface area contributed by atoms with E-state index < -0.39 is 6.10 Å². The first-order chi connectivity index (χ1) is 8.25. The minimum absolute atomic E-state index is 0.306. The molecule has 1 saturated heterocycles. The molecule has 0 bridgehead atoms. The van der Waals surface area contributed by atoms with Crippen LogP contribution in [0, 0.1) is 5.92 Å². The van der Waals surface area contributed by atoms with Gasteiger partial charge in [-0.25, -0.2) is 0 Å². The van der Waals surface area contributed by atoms with Gasteiger partial charge < -0.3 is 20.3 Å². The number of hydrogen-bond acceptors (Lipinski definition) is 4. The van der Waals surface area contributed by atoms with Crippen LogP contribution in [0.15, 0.2) is 24.3 Å². The molecule has 2 rings (SSSR count). The van der Waals surface area contributed by atoms with Crippen LogP contribution in [-0.4, -0.2) is 31.5 Å². The zero-order valence-electron chi connectivity index (χ0n) is 9.84. The second-order valence-corrected chi connectivity index (χ2v) is 4.45. The van der Waals surface area contributed by atoms with Crippen LogP contribution >= 0.6 is 0 Å². The number of ether oxygens (including phenoxy) is 2. The third kappa shape index (κ3) is 3.70. The standard InChI is InChI=1S/C13H19NO3/c14-12-3-1-2-11(6-12)13(15)9-17-8-10-4-5-16-7-10/h1-3,6,10,13,15H,4-5,7-9,14H2. The Balaban J connectivity index is 1.74. The summed E-state index contributed by atoms with van der Waals surface area (Å²) in [7, 11) is 0. The lowest BCUT2D eigenvalue weighted by Crippen LogP contribution is -2.14. The van der Waals surface area contributed by atoms with Gasteiger partial charge in [0.05, 0.1) is 19.8 Å². The van der Waals surface area contributed by atoms with E-state index in [2.05, 4.69) is 0 Å². The summed E-state index contributed by atoms with van der Waals surface area (Å²) in [4.78, 5) is 0. The Morgan fingerprint density at radius 1 is 1.53 bits per heavy atom. The first kappa shape index (κ1) is 12.4. The van der Waals surface area contributed by atoms with E-state index in [9.17, 15) is 5.11 Å². The summed E-state index contributed by atoms with van der Waals surface area (Å²) >= 11 is 0. The summed E-state index contributed by atoms with van der Waals surface area (Å²) in [5, 5.41) is 9.91. The molecule has 1 fully saturated rings. The highest BCUT2D eigenvalue weighted by molar-refractivity contribution is 5.41. The second kappa shape index (κ2) is 6.00. The minimum atomic E-state index is -0.610. The molecule has 1 aromatic carbocycles. The molecule has 94 valence electrons.